The highest BCUT2D eigenvalue weighted by molar-refractivity contribution is 8.18. The first-order valence-electron chi connectivity index (χ1n) is 8.14. The number of fused-ring (bicyclic) bond motifs is 1. The molecule has 0 radical (unpaired) electrons. The number of nitrogens with one attached hydrogen (secondary N) is 1. The van der Waals surface area contributed by atoms with Gasteiger partial charge in [-0.2, -0.15) is 0 Å². The number of para-hydroxylation sites is 1. The Bertz CT molecular complexity index is 1020. The van der Waals surface area contributed by atoms with Gasteiger partial charge >= 0.3 is 5.97 Å². The molecular weight excluding hydrogens is 364 g/mol. The van der Waals surface area contributed by atoms with E-state index in [0.29, 0.717) is 22.4 Å². The zero-order valence-corrected chi connectivity index (χ0v) is 14.8. The van der Waals surface area contributed by atoms with Crippen molar-refractivity contribution in [2.45, 2.75) is 0 Å². The fourth-order valence-electron chi connectivity index (χ4n) is 2.66. The van der Waals surface area contributed by atoms with Gasteiger partial charge in [-0.05, 0) is 59.8 Å². The lowest BCUT2D eigenvalue weighted by Gasteiger charge is -2.15. The molecule has 2 aliphatic heterocycles. The number of carbonyl (C=O) groups is 2. The third-order valence-corrected chi connectivity index (χ3v) is 4.88. The Balaban J connectivity index is 1.53. The molecule has 6 nitrogen and oxygen atoms in total. The second-order valence-corrected chi connectivity index (χ2v) is 6.91. The molecule has 1 amide bonds. The molecule has 0 atom stereocenters. The van der Waals surface area contributed by atoms with Gasteiger partial charge in [0.25, 0.3) is 5.91 Å². The van der Waals surface area contributed by atoms with Crippen LogP contribution in [0.5, 0.6) is 5.75 Å². The molecule has 0 aromatic heterocycles. The molecule has 0 aliphatic carbocycles. The zero-order chi connectivity index (χ0) is 18.8. The van der Waals surface area contributed by atoms with Gasteiger partial charge in [-0.1, -0.05) is 18.2 Å². The Morgan fingerprint density at radius 3 is 2.74 bits per heavy atom. The third kappa shape index (κ3) is 3.78. The van der Waals surface area contributed by atoms with Gasteiger partial charge in [0.15, 0.2) is 5.17 Å². The zero-order valence-electron chi connectivity index (χ0n) is 14.0. The third-order valence-electron chi connectivity index (χ3n) is 3.97. The number of carboxylic acids is 1. The molecule has 7 heteroatoms. The van der Waals surface area contributed by atoms with Crippen molar-refractivity contribution >= 4 is 40.6 Å². The number of ether oxygens (including phenoxy) is 1. The number of nitrogens with zero attached hydrogens (tertiary/aromatic N) is 1. The normalized spacial score (nSPS) is 18.7. The summed E-state index contributed by atoms with van der Waals surface area (Å²) < 4.78 is 5.70. The highest BCUT2D eigenvalue weighted by Crippen LogP contribution is 2.31. The predicted octanol–water partition coefficient (Wildman–Crippen LogP) is 3.60. The number of aromatic carboxylic acids is 1. The van der Waals surface area contributed by atoms with Crippen LogP contribution in [-0.2, 0) is 4.79 Å². The van der Waals surface area contributed by atoms with Gasteiger partial charge in [0.1, 0.15) is 12.4 Å². The van der Waals surface area contributed by atoms with Crippen LogP contribution in [0.25, 0.3) is 6.08 Å². The number of thioether (sulfide) groups is 1. The van der Waals surface area contributed by atoms with E-state index in [1.165, 1.54) is 23.9 Å². The second kappa shape index (κ2) is 7.13. The van der Waals surface area contributed by atoms with E-state index in [2.05, 4.69) is 10.3 Å². The molecule has 27 heavy (non-hydrogen) atoms. The van der Waals surface area contributed by atoms with Gasteiger partial charge in [-0.3, -0.25) is 4.79 Å². The summed E-state index contributed by atoms with van der Waals surface area (Å²) in [6.07, 6.45) is 3.80. The number of carboxylic acid groups (broad SMARTS) is 1. The van der Waals surface area contributed by atoms with E-state index in [1.54, 1.807) is 18.2 Å². The topological polar surface area (TPSA) is 88.0 Å². The van der Waals surface area contributed by atoms with Crippen LogP contribution < -0.4 is 10.1 Å². The van der Waals surface area contributed by atoms with E-state index in [4.69, 9.17) is 9.84 Å². The summed E-state index contributed by atoms with van der Waals surface area (Å²) in [6, 6.07) is 13.9. The van der Waals surface area contributed by atoms with Crippen molar-refractivity contribution in [2.24, 2.45) is 4.99 Å². The molecule has 0 unspecified atom stereocenters. The first kappa shape index (κ1) is 17.1. The van der Waals surface area contributed by atoms with Crippen LogP contribution in [0.2, 0.25) is 0 Å². The summed E-state index contributed by atoms with van der Waals surface area (Å²) in [5, 5.41) is 12.1. The molecule has 2 aromatic rings. The molecule has 0 bridgehead atoms. The fourth-order valence-corrected chi connectivity index (χ4v) is 3.52. The van der Waals surface area contributed by atoms with Crippen molar-refractivity contribution in [3.8, 4) is 5.75 Å². The monoisotopic (exact) mass is 378 g/mol. The first-order valence-corrected chi connectivity index (χ1v) is 8.95. The van der Waals surface area contributed by atoms with E-state index in [9.17, 15) is 9.59 Å². The van der Waals surface area contributed by atoms with Crippen LogP contribution in [-0.4, -0.2) is 28.8 Å². The molecule has 1 fully saturated rings. The highest BCUT2D eigenvalue weighted by atomic mass is 32.2. The summed E-state index contributed by atoms with van der Waals surface area (Å²) in [5.41, 5.74) is 2.63. The Hall–Kier alpha value is -3.32. The maximum absolute atomic E-state index is 12.2. The maximum atomic E-state index is 12.2. The minimum atomic E-state index is -0.993. The summed E-state index contributed by atoms with van der Waals surface area (Å²) >= 11 is 1.24. The van der Waals surface area contributed by atoms with Crippen LogP contribution in [0.1, 0.15) is 15.9 Å². The molecule has 2 N–H and O–H groups in total. The van der Waals surface area contributed by atoms with Crippen molar-refractivity contribution in [1.82, 2.24) is 5.32 Å². The number of rotatable bonds is 3. The minimum absolute atomic E-state index is 0.187. The molecule has 2 aliphatic rings. The average Bonchev–Trinajstić information content (AvgIpc) is 3.01. The maximum Gasteiger partial charge on any atom is 0.335 e. The Morgan fingerprint density at radius 2 is 1.96 bits per heavy atom. The van der Waals surface area contributed by atoms with Crippen LogP contribution >= 0.6 is 11.8 Å². The lowest BCUT2D eigenvalue weighted by Crippen LogP contribution is -2.19. The number of amides is 1. The number of aliphatic imine (C=N–C) groups is 1. The van der Waals surface area contributed by atoms with Crippen molar-refractivity contribution in [2.75, 3.05) is 6.61 Å². The van der Waals surface area contributed by atoms with E-state index in [0.717, 1.165) is 16.9 Å². The van der Waals surface area contributed by atoms with Gasteiger partial charge in [-0.25, -0.2) is 9.79 Å². The lowest BCUT2D eigenvalue weighted by atomic mass is 10.1. The van der Waals surface area contributed by atoms with E-state index < -0.39 is 5.97 Å². The van der Waals surface area contributed by atoms with E-state index in [-0.39, 0.29) is 11.5 Å². The van der Waals surface area contributed by atoms with Gasteiger partial charge in [0.05, 0.1) is 16.2 Å². The Morgan fingerprint density at radius 1 is 1.19 bits per heavy atom. The molecule has 1 saturated heterocycles. The lowest BCUT2D eigenvalue weighted by molar-refractivity contribution is -0.115. The number of hydrogen-bond donors (Lipinski definition) is 2. The number of benzene rings is 2. The van der Waals surface area contributed by atoms with Crippen LogP contribution in [0, 0.1) is 0 Å². The quantitative estimate of drug-likeness (QED) is 0.797. The van der Waals surface area contributed by atoms with Crippen molar-refractivity contribution in [3.05, 3.63) is 76.2 Å². The summed E-state index contributed by atoms with van der Waals surface area (Å²) in [7, 11) is 0. The number of amidine groups is 1. The van der Waals surface area contributed by atoms with Crippen LogP contribution in [0.4, 0.5) is 5.69 Å². The highest BCUT2D eigenvalue weighted by Gasteiger charge is 2.24. The largest absolute Gasteiger partial charge is 0.488 e. The summed E-state index contributed by atoms with van der Waals surface area (Å²) in [4.78, 5) is 28.0. The standard InChI is InChI=1S/C20H14N2O4S/c23-18-17(10-12-9-14-3-1-2-4-16(14)26-11-12)27-20(22-18)21-15-7-5-13(6-8-15)19(24)25/h1-10H,11H2,(H,24,25)(H,21,22,23)/b17-10-. The van der Waals surface area contributed by atoms with Gasteiger partial charge in [-0.15, -0.1) is 0 Å². The SMILES string of the molecule is O=C1NC(=Nc2ccc(C(=O)O)cc2)S/C1=C\C1=Cc2ccccc2OC1. The fraction of sp³-hybridized carbons (Fsp3) is 0.0500. The molecule has 0 spiro atoms. The predicted molar refractivity (Wildman–Crippen MR) is 104 cm³/mol. The Labute approximate surface area is 159 Å². The van der Waals surface area contributed by atoms with E-state index in [1.807, 2.05) is 30.3 Å². The smallest absolute Gasteiger partial charge is 0.335 e. The number of hydrogen-bond acceptors (Lipinski definition) is 5. The Kier molecular flexibility index (Phi) is 4.52. The van der Waals surface area contributed by atoms with Crippen molar-refractivity contribution < 1.29 is 19.4 Å². The molecule has 2 aromatic carbocycles. The summed E-state index contributed by atoms with van der Waals surface area (Å²) in [6.45, 7) is 0.400. The van der Waals surface area contributed by atoms with Crippen molar-refractivity contribution in [3.63, 3.8) is 0 Å². The van der Waals surface area contributed by atoms with Gasteiger partial charge in [0.2, 0.25) is 0 Å². The molecule has 0 saturated carbocycles. The second-order valence-electron chi connectivity index (χ2n) is 5.88. The molecule has 4 rings (SSSR count). The minimum Gasteiger partial charge on any atom is -0.488 e. The molecule has 2 heterocycles. The van der Waals surface area contributed by atoms with Crippen LogP contribution in [0.3, 0.4) is 0 Å². The van der Waals surface area contributed by atoms with Crippen molar-refractivity contribution in [1.29, 1.82) is 0 Å². The van der Waals surface area contributed by atoms with Gasteiger partial charge in [0, 0.05) is 5.56 Å². The molecule has 134 valence electrons. The number of carbonyl (C=O) groups excluding carboxylic acids is 1. The average molecular weight is 378 g/mol. The molecular formula is C20H14N2O4S. The first-order chi connectivity index (χ1) is 13.1. The van der Waals surface area contributed by atoms with E-state index >= 15 is 0 Å². The summed E-state index contributed by atoms with van der Waals surface area (Å²) in [5.74, 6) is -0.386. The van der Waals surface area contributed by atoms with Gasteiger partial charge < -0.3 is 15.2 Å². The van der Waals surface area contributed by atoms with Crippen LogP contribution in [0.15, 0.2) is 70.1 Å².